The molecule has 0 spiro atoms. The second kappa shape index (κ2) is 21.3. The molecule has 0 radical (unpaired) electrons. The molecule has 22 nitrogen and oxygen atoms in total. The fraction of sp³-hybridized carbons (Fsp3) is 0.944. The van der Waals surface area contributed by atoms with E-state index >= 15 is 4.79 Å². The summed E-state index contributed by atoms with van der Waals surface area (Å²) >= 11 is 0. The Balaban J connectivity index is 0.974. The van der Waals surface area contributed by atoms with Crippen molar-refractivity contribution in [1.82, 2.24) is 0 Å². The van der Waals surface area contributed by atoms with Gasteiger partial charge < -0.3 is 104 Å². The second-order valence-electron chi connectivity index (χ2n) is 26.1. The molecule has 9 aliphatic rings. The number of ether oxygens (including phenoxy) is 8. The lowest BCUT2D eigenvalue weighted by Gasteiger charge is -2.71. The lowest BCUT2D eigenvalue weighted by Crippen LogP contribution is -2.67. The molecule has 4 saturated heterocycles. The second-order valence-corrected chi connectivity index (χ2v) is 26.1. The van der Waals surface area contributed by atoms with Crippen LogP contribution in [0.3, 0.4) is 0 Å². The van der Waals surface area contributed by atoms with Crippen molar-refractivity contribution in [1.29, 1.82) is 0 Å². The molecule has 29 atom stereocenters. The van der Waals surface area contributed by atoms with E-state index in [1.54, 1.807) is 6.92 Å². The molecule has 0 amide bonds. The zero-order valence-electron chi connectivity index (χ0n) is 45.1. The lowest BCUT2D eigenvalue weighted by atomic mass is 9.33. The van der Waals surface area contributed by atoms with Gasteiger partial charge in [0.2, 0.25) is 6.29 Å². The summed E-state index contributed by atoms with van der Waals surface area (Å²) in [6.07, 6.45) is -22.6. The minimum Gasteiger partial charge on any atom is -0.432 e. The van der Waals surface area contributed by atoms with Gasteiger partial charge in [-0.15, -0.1) is 0 Å². The van der Waals surface area contributed by atoms with Crippen molar-refractivity contribution in [2.24, 2.45) is 50.2 Å². The third-order valence-electron chi connectivity index (χ3n) is 21.5. The molecule has 0 aromatic heterocycles. The summed E-state index contributed by atoms with van der Waals surface area (Å²) in [4.78, 5) is 15.3. The Morgan fingerprint density at radius 3 is 1.71 bits per heavy atom. The molecule has 9 rings (SSSR count). The van der Waals surface area contributed by atoms with Crippen LogP contribution < -0.4 is 0 Å². The van der Waals surface area contributed by atoms with Gasteiger partial charge in [-0.25, -0.2) is 0 Å². The molecule has 9 unspecified atom stereocenters. The van der Waals surface area contributed by atoms with E-state index in [9.17, 15) is 66.4 Å². The van der Waals surface area contributed by atoms with Gasteiger partial charge in [-0.3, -0.25) is 4.79 Å². The van der Waals surface area contributed by atoms with Crippen LogP contribution in [0.15, 0.2) is 11.6 Å². The Morgan fingerprint density at radius 2 is 1.09 bits per heavy atom. The number of aliphatic hydroxyl groups is 13. The predicted octanol–water partition coefficient (Wildman–Crippen LogP) is -1.01. The van der Waals surface area contributed by atoms with E-state index < -0.39 is 164 Å². The van der Waals surface area contributed by atoms with Crippen molar-refractivity contribution >= 4 is 5.97 Å². The quantitative estimate of drug-likeness (QED) is 0.0670. The number of carbonyl (C=O) groups is 1. The molecule has 13 N–H and O–H groups in total. The highest BCUT2D eigenvalue weighted by Gasteiger charge is 2.71. The van der Waals surface area contributed by atoms with Gasteiger partial charge in [-0.05, 0) is 117 Å². The van der Waals surface area contributed by atoms with Crippen LogP contribution in [0.2, 0.25) is 0 Å². The Bertz CT molecular complexity index is 2100. The van der Waals surface area contributed by atoms with E-state index in [1.807, 2.05) is 6.92 Å². The maximum atomic E-state index is 15.3. The Kier molecular flexibility index (Phi) is 16.6. The van der Waals surface area contributed by atoms with E-state index in [1.165, 1.54) is 12.5 Å². The van der Waals surface area contributed by atoms with Crippen molar-refractivity contribution < 1.29 is 109 Å². The van der Waals surface area contributed by atoms with Crippen LogP contribution in [0, 0.1) is 50.2 Å². The van der Waals surface area contributed by atoms with Crippen LogP contribution in [0.5, 0.6) is 0 Å². The highest BCUT2D eigenvalue weighted by Crippen LogP contribution is 2.76. The lowest BCUT2D eigenvalue weighted by molar-refractivity contribution is -0.374. The first-order chi connectivity index (χ1) is 35.6. The van der Waals surface area contributed by atoms with Crippen LogP contribution in [0.4, 0.5) is 0 Å². The number of aliphatic hydroxyl groups excluding tert-OH is 13. The summed E-state index contributed by atoms with van der Waals surface area (Å²) in [7, 11) is 0. The summed E-state index contributed by atoms with van der Waals surface area (Å²) in [6.45, 7) is 14.8. The van der Waals surface area contributed by atoms with Crippen molar-refractivity contribution in [2.45, 2.75) is 249 Å². The fourth-order valence-corrected chi connectivity index (χ4v) is 16.4. The molecule has 0 aromatic rings. The molecule has 4 aliphatic heterocycles. The van der Waals surface area contributed by atoms with E-state index in [0.717, 1.165) is 12.8 Å². The molecular formula is C54H88O22. The highest BCUT2D eigenvalue weighted by molar-refractivity contribution is 5.79. The highest BCUT2D eigenvalue weighted by atomic mass is 16.8. The van der Waals surface area contributed by atoms with Gasteiger partial charge in [0.15, 0.2) is 25.0 Å². The molecule has 0 aromatic carbocycles. The SMILES string of the molecule is C[C@H]1O[C@@H](OC2CCC3(C)C(CCC4(C)C3CC=C3C5CC(C)(C)CCC5(C(=O)O[C@@H]5O[C@H](CO)[C@@H](O)[C@H](O)[C@H]5O[C@@H]5O[C@H](CO)[C@@H](O)[C@H](O)[C@H]5O)CCC34C)C2(C)CO)[C@H](O[C@@H]2O[C@H](C)[C@@H](O)[C@@H](O)[C@H]2O)[C@H](O)[C@H]1O. The fourth-order valence-electron chi connectivity index (χ4n) is 16.4. The first-order valence-electron chi connectivity index (χ1n) is 27.7. The molecular weight excluding hydrogens is 1000 g/mol. The van der Waals surface area contributed by atoms with Gasteiger partial charge in [0, 0.05) is 5.41 Å². The van der Waals surface area contributed by atoms with E-state index in [0.29, 0.717) is 51.4 Å². The zero-order valence-corrected chi connectivity index (χ0v) is 45.1. The molecule has 0 bridgehead atoms. The number of hydrogen-bond acceptors (Lipinski definition) is 22. The smallest absolute Gasteiger partial charge is 0.315 e. The monoisotopic (exact) mass is 1090 g/mol. The van der Waals surface area contributed by atoms with E-state index in [4.69, 9.17) is 37.9 Å². The molecule has 22 heteroatoms. The Labute approximate surface area is 444 Å². The average molecular weight is 1090 g/mol. The van der Waals surface area contributed by atoms with Gasteiger partial charge in [0.25, 0.3) is 0 Å². The Morgan fingerprint density at radius 1 is 0.566 bits per heavy atom. The first-order valence-corrected chi connectivity index (χ1v) is 27.7. The van der Waals surface area contributed by atoms with E-state index in [2.05, 4.69) is 40.7 Å². The number of esters is 1. The molecule has 436 valence electrons. The number of allylic oxidation sites excluding steroid dienone is 2. The van der Waals surface area contributed by atoms with Crippen LogP contribution in [-0.4, -0.2) is 221 Å². The number of rotatable bonds is 11. The van der Waals surface area contributed by atoms with Gasteiger partial charge in [0.1, 0.15) is 79.4 Å². The van der Waals surface area contributed by atoms with Gasteiger partial charge >= 0.3 is 5.97 Å². The predicted molar refractivity (Wildman–Crippen MR) is 261 cm³/mol. The van der Waals surface area contributed by atoms with Crippen molar-refractivity contribution in [2.75, 3.05) is 19.8 Å². The minimum atomic E-state index is -1.88. The zero-order chi connectivity index (χ0) is 55.6. The molecule has 5 aliphatic carbocycles. The van der Waals surface area contributed by atoms with Crippen LogP contribution in [0.1, 0.15) is 120 Å². The third kappa shape index (κ3) is 9.38. The van der Waals surface area contributed by atoms with Gasteiger partial charge in [-0.2, -0.15) is 0 Å². The van der Waals surface area contributed by atoms with Crippen molar-refractivity contribution in [3.8, 4) is 0 Å². The standard InChI is InChI=1S/C54H88O22/c1-23-32(58)36(62)40(66)44(69-23)74-42-38(64)33(59)24(2)70-46(42)73-31-12-13-50(5)29(51(31,6)22-57)11-14-53(8)30(50)10-9-25-26-19-49(3,4)15-17-54(26,18-16-52(25,53)7)48(68)76-47-43(39(65)35(61)28(21-56)72-47)75-45-41(67)37(63)34(60)27(20-55)71-45/h9,23-24,26-47,55-67H,10-22H2,1-8H3/t23-,24-,26?,27-,28-,29?,30?,31?,32-,33+,34-,35-,36-,37+,38-,39+,40-,41-,42-,43-,44+,45+,46+,47+,50?,51?,52?,53?,54?/m1/s1. The summed E-state index contributed by atoms with van der Waals surface area (Å²) in [5, 5.41) is 140. The number of fused-ring (bicyclic) bond motifs is 7. The molecule has 8 fully saturated rings. The average Bonchev–Trinajstić information content (AvgIpc) is 3.56. The maximum absolute atomic E-state index is 15.3. The largest absolute Gasteiger partial charge is 0.432 e. The van der Waals surface area contributed by atoms with Crippen LogP contribution in [-0.2, 0) is 42.7 Å². The van der Waals surface area contributed by atoms with Gasteiger partial charge in [-0.1, -0.05) is 53.2 Å². The van der Waals surface area contributed by atoms with E-state index in [-0.39, 0.29) is 40.6 Å². The summed E-state index contributed by atoms with van der Waals surface area (Å²) in [6, 6.07) is 0. The van der Waals surface area contributed by atoms with Crippen LogP contribution in [0.25, 0.3) is 0 Å². The molecule has 76 heavy (non-hydrogen) atoms. The number of carbonyl (C=O) groups excluding carboxylic acids is 1. The third-order valence-corrected chi connectivity index (χ3v) is 21.5. The normalized spacial score (nSPS) is 55.2. The summed E-state index contributed by atoms with van der Waals surface area (Å²) in [5.41, 5.74) is -1.88. The maximum Gasteiger partial charge on any atom is 0.315 e. The number of hydrogen-bond donors (Lipinski definition) is 13. The Hall–Kier alpha value is -1.59. The summed E-state index contributed by atoms with van der Waals surface area (Å²) < 4.78 is 48.6. The molecule has 4 heterocycles. The molecule has 4 saturated carbocycles. The van der Waals surface area contributed by atoms with Crippen molar-refractivity contribution in [3.05, 3.63) is 11.6 Å². The van der Waals surface area contributed by atoms with Crippen molar-refractivity contribution in [3.63, 3.8) is 0 Å². The van der Waals surface area contributed by atoms with Gasteiger partial charge in [0.05, 0.1) is 43.5 Å². The topological polar surface area (TPSA) is 354 Å². The summed E-state index contributed by atoms with van der Waals surface area (Å²) in [5.74, 6) is -0.826. The minimum absolute atomic E-state index is 0.0613. The first kappa shape index (κ1) is 59.0. The van der Waals surface area contributed by atoms with Crippen LogP contribution >= 0.6 is 0 Å².